The molecule has 1 heterocycles. The van der Waals surface area contributed by atoms with Crippen molar-refractivity contribution >= 4 is 27.5 Å². The molecule has 0 aliphatic carbocycles. The van der Waals surface area contributed by atoms with Crippen LogP contribution < -0.4 is 5.32 Å². The van der Waals surface area contributed by atoms with Crippen LogP contribution >= 0.6 is 11.6 Å². The van der Waals surface area contributed by atoms with Crippen LogP contribution in [0.3, 0.4) is 0 Å². The fourth-order valence-corrected chi connectivity index (χ4v) is 5.74. The van der Waals surface area contributed by atoms with Gasteiger partial charge in [0.2, 0.25) is 10.0 Å². The number of amides is 1. The zero-order chi connectivity index (χ0) is 22.4. The van der Waals surface area contributed by atoms with Crippen molar-refractivity contribution in [3.63, 3.8) is 0 Å². The lowest BCUT2D eigenvalue weighted by Crippen LogP contribution is -2.41. The van der Waals surface area contributed by atoms with Crippen molar-refractivity contribution in [3.05, 3.63) is 64.7 Å². The van der Waals surface area contributed by atoms with Crippen LogP contribution in [0, 0.1) is 0 Å². The predicted octanol–water partition coefficient (Wildman–Crippen LogP) is 3.42. The molecule has 1 amide bonds. The number of hydrogen-bond acceptors (Lipinski definition) is 4. The number of likely N-dealkylation sites (N-methyl/N-ethyl adjacent to an activating group) is 1. The Hall–Kier alpha value is -1.93. The largest absolute Gasteiger partial charge is 0.350 e. The predicted molar refractivity (Wildman–Crippen MR) is 124 cm³/mol. The summed E-state index contributed by atoms with van der Waals surface area (Å²) in [7, 11) is 0.234. The summed E-state index contributed by atoms with van der Waals surface area (Å²) < 4.78 is 27.5. The first-order chi connectivity index (χ1) is 14.8. The van der Waals surface area contributed by atoms with E-state index in [4.69, 9.17) is 11.6 Å². The molecule has 168 valence electrons. The smallest absolute Gasteiger partial charge is 0.251 e. The highest BCUT2D eigenvalue weighted by Gasteiger charge is 2.29. The van der Waals surface area contributed by atoms with E-state index < -0.39 is 10.0 Å². The number of nitrogens with one attached hydrogen (secondary N) is 1. The number of rotatable bonds is 8. The fourth-order valence-electron chi connectivity index (χ4n) is 3.72. The van der Waals surface area contributed by atoms with E-state index in [2.05, 4.69) is 22.3 Å². The molecule has 1 N–H and O–H groups in total. The zero-order valence-electron chi connectivity index (χ0n) is 18.1. The maximum atomic E-state index is 13.0. The van der Waals surface area contributed by atoms with Gasteiger partial charge in [0, 0.05) is 31.2 Å². The van der Waals surface area contributed by atoms with Gasteiger partial charge in [-0.05, 0) is 57.1 Å². The zero-order valence-corrected chi connectivity index (χ0v) is 19.6. The number of carbonyl (C=O) groups is 1. The van der Waals surface area contributed by atoms with Gasteiger partial charge in [0.15, 0.2) is 0 Å². The minimum atomic E-state index is -3.72. The minimum Gasteiger partial charge on any atom is -0.350 e. The van der Waals surface area contributed by atoms with E-state index >= 15 is 0 Å². The third-order valence-corrected chi connectivity index (χ3v) is 8.05. The van der Waals surface area contributed by atoms with Gasteiger partial charge in [-0.1, -0.05) is 48.4 Å². The molecule has 2 aromatic rings. The van der Waals surface area contributed by atoms with Crippen LogP contribution in [-0.2, 0) is 16.4 Å². The molecule has 0 bridgehead atoms. The number of benzene rings is 2. The van der Waals surface area contributed by atoms with Gasteiger partial charge >= 0.3 is 0 Å². The van der Waals surface area contributed by atoms with E-state index in [9.17, 15) is 13.2 Å². The summed E-state index contributed by atoms with van der Waals surface area (Å²) in [5, 5.41) is 3.08. The molecule has 1 aliphatic heterocycles. The molecular formula is C23H30ClN3O3S. The van der Waals surface area contributed by atoms with Crippen LogP contribution in [-0.4, -0.2) is 63.3 Å². The highest BCUT2D eigenvalue weighted by molar-refractivity contribution is 7.89. The highest BCUT2D eigenvalue weighted by Crippen LogP contribution is 2.28. The first-order valence-electron chi connectivity index (χ1n) is 10.6. The Bertz CT molecular complexity index is 990. The van der Waals surface area contributed by atoms with Crippen LogP contribution in [0.4, 0.5) is 0 Å². The van der Waals surface area contributed by atoms with Gasteiger partial charge in [-0.2, -0.15) is 4.31 Å². The molecule has 8 heteroatoms. The van der Waals surface area contributed by atoms with Crippen molar-refractivity contribution in [2.45, 2.75) is 36.6 Å². The van der Waals surface area contributed by atoms with E-state index in [1.807, 2.05) is 32.3 Å². The quantitative estimate of drug-likeness (QED) is 0.651. The Morgan fingerprint density at radius 3 is 2.42 bits per heavy atom. The molecule has 1 atom stereocenters. The van der Waals surface area contributed by atoms with Crippen LogP contribution in [0.2, 0.25) is 5.02 Å². The normalized spacial score (nSPS) is 16.3. The Morgan fingerprint density at radius 1 is 1.10 bits per heavy atom. The first kappa shape index (κ1) is 23.7. The third-order valence-electron chi connectivity index (χ3n) is 5.67. The van der Waals surface area contributed by atoms with Crippen molar-refractivity contribution in [1.82, 2.24) is 14.5 Å². The molecule has 0 aromatic heterocycles. The average Bonchev–Trinajstić information content (AvgIpc) is 2.77. The van der Waals surface area contributed by atoms with Gasteiger partial charge in [0.25, 0.3) is 5.91 Å². The molecule has 2 aromatic carbocycles. The second-order valence-corrected chi connectivity index (χ2v) is 10.4. The van der Waals surface area contributed by atoms with E-state index in [1.165, 1.54) is 22.0 Å². The SMILES string of the molecule is CN(C)C(CNC(=O)c1ccc(Cl)c(S(=O)(=O)N2CCCCC2)c1)Cc1ccccc1. The second-order valence-electron chi connectivity index (χ2n) is 8.13. The lowest BCUT2D eigenvalue weighted by Gasteiger charge is -2.26. The second kappa shape index (κ2) is 10.6. The van der Waals surface area contributed by atoms with E-state index in [0.29, 0.717) is 19.6 Å². The summed E-state index contributed by atoms with van der Waals surface area (Å²) >= 11 is 6.22. The monoisotopic (exact) mass is 463 g/mol. The Labute approximate surface area is 190 Å². The van der Waals surface area contributed by atoms with Crippen LogP contribution in [0.25, 0.3) is 0 Å². The van der Waals surface area contributed by atoms with Gasteiger partial charge < -0.3 is 10.2 Å². The minimum absolute atomic E-state index is 0.00263. The summed E-state index contributed by atoms with van der Waals surface area (Å²) in [4.78, 5) is 14.9. The number of halogens is 1. The fraction of sp³-hybridized carbons (Fsp3) is 0.435. The van der Waals surface area contributed by atoms with E-state index in [-0.39, 0.29) is 27.4 Å². The first-order valence-corrected chi connectivity index (χ1v) is 12.4. The van der Waals surface area contributed by atoms with E-state index in [1.54, 1.807) is 6.07 Å². The number of carbonyl (C=O) groups excluding carboxylic acids is 1. The van der Waals surface area contributed by atoms with Gasteiger partial charge in [0.1, 0.15) is 4.90 Å². The van der Waals surface area contributed by atoms with Gasteiger partial charge in [-0.15, -0.1) is 0 Å². The molecule has 1 unspecified atom stereocenters. The lowest BCUT2D eigenvalue weighted by molar-refractivity contribution is 0.0941. The molecular weight excluding hydrogens is 434 g/mol. The van der Waals surface area contributed by atoms with Crippen molar-refractivity contribution in [2.75, 3.05) is 33.7 Å². The van der Waals surface area contributed by atoms with E-state index in [0.717, 1.165) is 25.7 Å². The molecule has 0 radical (unpaired) electrons. The molecule has 1 saturated heterocycles. The van der Waals surface area contributed by atoms with Crippen LogP contribution in [0.15, 0.2) is 53.4 Å². The topological polar surface area (TPSA) is 69.7 Å². The molecule has 1 aliphatic rings. The van der Waals surface area contributed by atoms with Gasteiger partial charge in [-0.3, -0.25) is 4.79 Å². The molecule has 1 fully saturated rings. The van der Waals surface area contributed by atoms with Crippen molar-refractivity contribution < 1.29 is 13.2 Å². The number of piperidine rings is 1. The Kier molecular flexibility index (Phi) is 8.11. The molecule has 31 heavy (non-hydrogen) atoms. The highest BCUT2D eigenvalue weighted by atomic mass is 35.5. The molecule has 0 saturated carbocycles. The number of hydrogen-bond donors (Lipinski definition) is 1. The molecule has 0 spiro atoms. The summed E-state index contributed by atoms with van der Waals surface area (Å²) in [5.74, 6) is -0.313. The van der Waals surface area contributed by atoms with Crippen LogP contribution in [0.5, 0.6) is 0 Å². The summed E-state index contributed by atoms with van der Waals surface area (Å²) in [6.07, 6.45) is 3.50. The lowest BCUT2D eigenvalue weighted by atomic mass is 10.1. The number of sulfonamides is 1. The van der Waals surface area contributed by atoms with Gasteiger partial charge in [-0.25, -0.2) is 8.42 Å². The average molecular weight is 464 g/mol. The summed E-state index contributed by atoms with van der Waals surface area (Å²) in [6, 6.07) is 14.7. The Balaban J connectivity index is 1.72. The maximum Gasteiger partial charge on any atom is 0.251 e. The summed E-state index contributed by atoms with van der Waals surface area (Å²) in [5.41, 5.74) is 1.48. The van der Waals surface area contributed by atoms with Crippen molar-refractivity contribution in [2.24, 2.45) is 0 Å². The standard InChI is InChI=1S/C23H30ClN3O3S/c1-26(2)20(15-18-9-5-3-6-10-18)17-25-23(28)19-11-12-21(24)22(16-19)31(29,30)27-13-7-4-8-14-27/h3,5-6,9-12,16,20H,4,7-8,13-15,17H2,1-2H3,(H,25,28). The molecule has 6 nitrogen and oxygen atoms in total. The Morgan fingerprint density at radius 2 is 1.77 bits per heavy atom. The number of nitrogens with zero attached hydrogens (tertiary/aromatic N) is 2. The maximum absolute atomic E-state index is 13.0. The van der Waals surface area contributed by atoms with Crippen LogP contribution in [0.1, 0.15) is 35.2 Å². The van der Waals surface area contributed by atoms with Crippen molar-refractivity contribution in [3.8, 4) is 0 Å². The third kappa shape index (κ3) is 6.07. The van der Waals surface area contributed by atoms with Crippen molar-refractivity contribution in [1.29, 1.82) is 0 Å². The molecule has 3 rings (SSSR count). The summed E-state index contributed by atoms with van der Waals surface area (Å²) in [6.45, 7) is 1.41. The van der Waals surface area contributed by atoms with Gasteiger partial charge in [0.05, 0.1) is 5.02 Å².